The van der Waals surface area contributed by atoms with Crippen LogP contribution >= 0.6 is 0 Å². The van der Waals surface area contributed by atoms with E-state index in [0.29, 0.717) is 5.56 Å². The molecule has 0 bridgehead atoms. The van der Waals surface area contributed by atoms with Gasteiger partial charge in [-0.1, -0.05) is 0 Å². The van der Waals surface area contributed by atoms with Crippen LogP contribution in [0.4, 0.5) is 0 Å². The molecule has 0 saturated carbocycles. The lowest BCUT2D eigenvalue weighted by atomic mass is 10.1. The van der Waals surface area contributed by atoms with Crippen LogP contribution in [-0.2, 0) is 11.2 Å². The molecule has 3 atom stereocenters. The van der Waals surface area contributed by atoms with Crippen LogP contribution in [0, 0.1) is 0 Å². The molecule has 1 aliphatic heterocycles. The van der Waals surface area contributed by atoms with Crippen molar-refractivity contribution >= 4 is 0 Å². The maximum atomic E-state index is 11.9. The van der Waals surface area contributed by atoms with Gasteiger partial charge in [0.2, 0.25) is 0 Å². The average Bonchev–Trinajstić information content (AvgIpc) is 2.78. The van der Waals surface area contributed by atoms with Crippen LogP contribution in [0.15, 0.2) is 27.6 Å². The van der Waals surface area contributed by atoms with E-state index in [4.69, 9.17) is 21.3 Å². The summed E-state index contributed by atoms with van der Waals surface area (Å²) in [4.78, 5) is 25.7. The summed E-state index contributed by atoms with van der Waals surface area (Å²) in [5.41, 5.74) is 10.2. The van der Waals surface area contributed by atoms with E-state index < -0.39 is 36.3 Å². The summed E-state index contributed by atoms with van der Waals surface area (Å²) in [7, 11) is 0. The molecule has 7 N–H and O–H groups in total. The standard InChI is InChI=1S/C12H18N4O5/c13-2-1-6-4-16(12(20)15-10(6)19)11-7(3-14)9(18)8(5-17)21-11/h3-4,8-9,11,17-18H,1-2,5,13-14H2,(H,15,19,20)/t8-,9+,11-/m1/s1. The van der Waals surface area contributed by atoms with Gasteiger partial charge in [-0.2, -0.15) is 0 Å². The van der Waals surface area contributed by atoms with Crippen molar-refractivity contribution < 1.29 is 14.9 Å². The van der Waals surface area contributed by atoms with Crippen LogP contribution in [0.3, 0.4) is 0 Å². The third-order valence-electron chi connectivity index (χ3n) is 3.36. The molecule has 1 aromatic rings. The van der Waals surface area contributed by atoms with Gasteiger partial charge < -0.3 is 26.4 Å². The Labute approximate surface area is 119 Å². The molecule has 0 aliphatic carbocycles. The second kappa shape index (κ2) is 6.22. The highest BCUT2D eigenvalue weighted by atomic mass is 16.5. The third kappa shape index (κ3) is 2.76. The average molecular weight is 298 g/mol. The first kappa shape index (κ1) is 15.4. The van der Waals surface area contributed by atoms with E-state index in [9.17, 15) is 14.7 Å². The summed E-state index contributed by atoms with van der Waals surface area (Å²) >= 11 is 0. The number of ether oxygens (including phenoxy) is 1. The van der Waals surface area contributed by atoms with Gasteiger partial charge in [-0.05, 0) is 13.0 Å². The third-order valence-corrected chi connectivity index (χ3v) is 3.36. The summed E-state index contributed by atoms with van der Waals surface area (Å²) in [5.74, 6) is 0. The molecule has 2 rings (SSSR count). The highest BCUT2D eigenvalue weighted by molar-refractivity contribution is 5.19. The molecule has 1 aromatic heterocycles. The summed E-state index contributed by atoms with van der Waals surface area (Å²) in [6, 6.07) is 0. The highest BCUT2D eigenvalue weighted by Gasteiger charge is 2.39. The van der Waals surface area contributed by atoms with E-state index >= 15 is 0 Å². The Morgan fingerprint density at radius 1 is 1.48 bits per heavy atom. The van der Waals surface area contributed by atoms with Gasteiger partial charge in [-0.15, -0.1) is 0 Å². The molecular weight excluding hydrogens is 280 g/mol. The molecule has 0 amide bonds. The predicted molar refractivity (Wildman–Crippen MR) is 73.4 cm³/mol. The number of aliphatic hydroxyl groups excluding tert-OH is 2. The maximum absolute atomic E-state index is 11.9. The highest BCUT2D eigenvalue weighted by Crippen LogP contribution is 2.32. The van der Waals surface area contributed by atoms with Crippen molar-refractivity contribution in [3.05, 3.63) is 44.4 Å². The number of hydrogen-bond donors (Lipinski definition) is 5. The molecular formula is C12H18N4O5. The first-order chi connectivity index (χ1) is 10.0. The molecule has 0 aromatic carbocycles. The lowest BCUT2D eigenvalue weighted by Crippen LogP contribution is -2.35. The fraction of sp³-hybridized carbons (Fsp3) is 0.500. The van der Waals surface area contributed by atoms with Crippen LogP contribution in [0.5, 0.6) is 0 Å². The fourth-order valence-electron chi connectivity index (χ4n) is 2.26. The van der Waals surface area contributed by atoms with Crippen LogP contribution in [-0.4, -0.2) is 45.1 Å². The van der Waals surface area contributed by atoms with Gasteiger partial charge in [0.1, 0.15) is 12.2 Å². The zero-order valence-electron chi connectivity index (χ0n) is 11.2. The second-order valence-electron chi connectivity index (χ2n) is 4.68. The van der Waals surface area contributed by atoms with Crippen molar-refractivity contribution in [2.75, 3.05) is 13.2 Å². The second-order valence-corrected chi connectivity index (χ2v) is 4.68. The Bertz CT molecular complexity index is 650. The largest absolute Gasteiger partial charge is 0.404 e. The maximum Gasteiger partial charge on any atom is 0.330 e. The van der Waals surface area contributed by atoms with Gasteiger partial charge in [-0.25, -0.2) is 4.79 Å². The molecule has 1 saturated heterocycles. The Morgan fingerprint density at radius 2 is 2.19 bits per heavy atom. The minimum Gasteiger partial charge on any atom is -0.404 e. The molecule has 2 heterocycles. The van der Waals surface area contributed by atoms with E-state index in [-0.39, 0.29) is 18.5 Å². The summed E-state index contributed by atoms with van der Waals surface area (Å²) in [6.07, 6.45) is -0.248. The number of aromatic amines is 1. The van der Waals surface area contributed by atoms with Crippen molar-refractivity contribution in [2.45, 2.75) is 24.9 Å². The smallest absolute Gasteiger partial charge is 0.330 e. The summed E-state index contributed by atoms with van der Waals surface area (Å²) in [6.45, 7) is -0.183. The Balaban J connectivity index is 2.48. The molecule has 1 aliphatic rings. The van der Waals surface area contributed by atoms with Crippen molar-refractivity contribution in [2.24, 2.45) is 11.5 Å². The minimum absolute atomic E-state index is 0.238. The molecule has 0 unspecified atom stereocenters. The molecule has 9 heteroatoms. The minimum atomic E-state index is -1.12. The van der Waals surface area contributed by atoms with Crippen LogP contribution < -0.4 is 22.7 Å². The van der Waals surface area contributed by atoms with Crippen molar-refractivity contribution in [3.8, 4) is 0 Å². The van der Waals surface area contributed by atoms with E-state index in [2.05, 4.69) is 4.98 Å². The van der Waals surface area contributed by atoms with E-state index in [1.165, 1.54) is 6.20 Å². The van der Waals surface area contributed by atoms with E-state index in [0.717, 1.165) is 10.8 Å². The van der Waals surface area contributed by atoms with Crippen LogP contribution in [0.25, 0.3) is 0 Å². The predicted octanol–water partition coefficient (Wildman–Crippen LogP) is -2.87. The normalized spacial score (nSPS) is 27.4. The topological polar surface area (TPSA) is 157 Å². The molecule has 116 valence electrons. The molecule has 0 radical (unpaired) electrons. The number of hydrogen-bond acceptors (Lipinski definition) is 7. The molecule has 0 spiro atoms. The number of nitrogens with one attached hydrogen (secondary N) is 1. The lowest BCUT2D eigenvalue weighted by molar-refractivity contribution is -0.0448. The van der Waals surface area contributed by atoms with Crippen molar-refractivity contribution in [1.29, 1.82) is 0 Å². The van der Waals surface area contributed by atoms with Gasteiger partial charge in [0.15, 0.2) is 6.23 Å². The van der Waals surface area contributed by atoms with E-state index in [1.807, 2.05) is 0 Å². The van der Waals surface area contributed by atoms with Crippen molar-refractivity contribution in [3.63, 3.8) is 0 Å². The van der Waals surface area contributed by atoms with Gasteiger partial charge in [-0.3, -0.25) is 14.3 Å². The first-order valence-electron chi connectivity index (χ1n) is 6.44. The zero-order valence-corrected chi connectivity index (χ0v) is 11.2. The van der Waals surface area contributed by atoms with Gasteiger partial charge >= 0.3 is 5.69 Å². The number of aliphatic hydroxyl groups is 2. The van der Waals surface area contributed by atoms with Gasteiger partial charge in [0.05, 0.1) is 6.61 Å². The molecule has 1 fully saturated rings. The summed E-state index contributed by atoms with van der Waals surface area (Å²) < 4.78 is 6.54. The van der Waals surface area contributed by atoms with Crippen LogP contribution in [0.1, 0.15) is 11.8 Å². The SMILES string of the molecule is NC=C1[C@H](n2cc(CCN)c(=O)[nH]c2=O)O[C@H](CO)[C@H]1O. The van der Waals surface area contributed by atoms with Crippen LogP contribution in [0.2, 0.25) is 0 Å². The number of nitrogens with zero attached hydrogens (tertiary/aromatic N) is 1. The Morgan fingerprint density at radius 3 is 2.76 bits per heavy atom. The number of nitrogens with two attached hydrogens (primary N) is 2. The van der Waals surface area contributed by atoms with Gasteiger partial charge in [0.25, 0.3) is 5.56 Å². The lowest BCUT2D eigenvalue weighted by Gasteiger charge is -2.16. The zero-order chi connectivity index (χ0) is 15.6. The monoisotopic (exact) mass is 298 g/mol. The Kier molecular flexibility index (Phi) is 4.58. The number of rotatable bonds is 4. The molecule has 9 nitrogen and oxygen atoms in total. The first-order valence-corrected chi connectivity index (χ1v) is 6.44. The Hall–Kier alpha value is -1.94. The number of aromatic nitrogens is 2. The van der Waals surface area contributed by atoms with E-state index in [1.54, 1.807) is 0 Å². The van der Waals surface area contributed by atoms with Crippen molar-refractivity contribution in [1.82, 2.24) is 9.55 Å². The quantitative estimate of drug-likeness (QED) is 0.400. The number of H-pyrrole nitrogens is 1. The summed E-state index contributed by atoms with van der Waals surface area (Å²) in [5, 5.41) is 19.1. The fourth-order valence-corrected chi connectivity index (χ4v) is 2.26. The van der Waals surface area contributed by atoms with Gasteiger partial charge in [0, 0.05) is 23.5 Å². The molecule has 21 heavy (non-hydrogen) atoms.